The Morgan fingerprint density at radius 1 is 0.480 bits per heavy atom. The largest absolute Gasteiger partial charge is 0.756 e. The number of likely N-dealkylation sites (N-methyl/N-ethyl adjacent to an activating group) is 1. The second-order valence-corrected chi connectivity index (χ2v) is 24.3. The monoisotopic (exact) mass is 1070 g/mol. The quantitative estimate of drug-likeness (QED) is 0.0212. The van der Waals surface area contributed by atoms with Crippen LogP contribution >= 0.6 is 7.82 Å². The van der Waals surface area contributed by atoms with Crippen molar-refractivity contribution in [3.8, 4) is 0 Å². The molecule has 0 fully saturated rings. The number of nitrogens with zero attached hydrogens (tertiary/aromatic N) is 1. The van der Waals surface area contributed by atoms with Gasteiger partial charge in [0, 0.05) is 12.8 Å². The number of unbranched alkanes of at least 4 members (excludes halogenated alkanes) is 36. The predicted octanol–water partition coefficient (Wildman–Crippen LogP) is 19.0. The van der Waals surface area contributed by atoms with Gasteiger partial charge in [0.25, 0.3) is 7.82 Å². The van der Waals surface area contributed by atoms with E-state index in [1.54, 1.807) is 0 Å². The summed E-state index contributed by atoms with van der Waals surface area (Å²) < 4.78 is 30.3. The number of quaternary nitrogens is 1. The molecule has 0 aromatic heterocycles. The van der Waals surface area contributed by atoms with Gasteiger partial charge in [-0.25, -0.2) is 0 Å². The van der Waals surface area contributed by atoms with E-state index in [9.17, 15) is 19.0 Å². The molecule has 0 rings (SSSR count). The Bertz CT molecular complexity index is 1420. The van der Waals surface area contributed by atoms with Gasteiger partial charge in [0.1, 0.15) is 19.3 Å². The van der Waals surface area contributed by atoms with Gasteiger partial charge in [-0.1, -0.05) is 256 Å². The first kappa shape index (κ1) is 73.0. The lowest BCUT2D eigenvalue weighted by Crippen LogP contribution is -2.47. The third-order valence-corrected chi connectivity index (χ3v) is 15.2. The van der Waals surface area contributed by atoms with Gasteiger partial charge in [-0.3, -0.25) is 14.2 Å². The molecule has 0 saturated carbocycles. The van der Waals surface area contributed by atoms with E-state index in [1.165, 1.54) is 186 Å². The van der Waals surface area contributed by atoms with E-state index >= 15 is 0 Å². The molecule has 75 heavy (non-hydrogen) atoms. The van der Waals surface area contributed by atoms with Gasteiger partial charge in [0.05, 0.1) is 33.8 Å². The molecule has 9 nitrogen and oxygen atoms in total. The predicted molar refractivity (Wildman–Crippen MR) is 321 cm³/mol. The molecule has 3 atom stereocenters. The Kier molecular flexibility index (Phi) is 53.8. The number of amides is 1. The van der Waals surface area contributed by atoms with Crippen molar-refractivity contribution in [1.29, 1.82) is 0 Å². The summed E-state index contributed by atoms with van der Waals surface area (Å²) in [5, 5.41) is 3.03. The van der Waals surface area contributed by atoms with Crippen molar-refractivity contribution in [2.24, 2.45) is 0 Å². The van der Waals surface area contributed by atoms with E-state index in [2.05, 4.69) is 62.5 Å². The van der Waals surface area contributed by atoms with Crippen LogP contribution in [-0.2, 0) is 27.9 Å². The van der Waals surface area contributed by atoms with Crippen LogP contribution in [0.3, 0.4) is 0 Å². The topological polar surface area (TPSA) is 114 Å². The van der Waals surface area contributed by atoms with E-state index in [1.807, 2.05) is 33.3 Å². The number of esters is 1. The standard InChI is InChI=1S/C65H123N2O7P/c1-7-10-13-16-19-22-25-28-30-31-32-33-34-35-36-37-38-40-43-46-49-52-55-58-65(69)74-63(56-53-50-47-44-41-27-24-21-18-15-12-9-3)62(61-73-75(70,71)72-60-59-67(4,5)6)66-64(68)57-54-51-48-45-42-39-29-26-23-20-17-14-11-8-2/h11,14,20,23,28,30,53,56,62-63H,7-10,12-13,15-19,21-22,24-27,29,31-52,54-55,57-61H2,1-6H3,(H-,66,68,70,71)/b14-11+,23-20+,30-28+,56-53-. The minimum Gasteiger partial charge on any atom is -0.756 e. The molecule has 0 bridgehead atoms. The molecule has 0 spiro atoms. The van der Waals surface area contributed by atoms with E-state index in [0.717, 1.165) is 83.5 Å². The minimum atomic E-state index is -4.70. The Balaban J connectivity index is 5.13. The van der Waals surface area contributed by atoms with Crippen LogP contribution in [0.5, 0.6) is 0 Å². The maximum Gasteiger partial charge on any atom is 0.306 e. The second kappa shape index (κ2) is 55.3. The van der Waals surface area contributed by atoms with Crippen LogP contribution in [0, 0.1) is 0 Å². The highest BCUT2D eigenvalue weighted by Crippen LogP contribution is 2.38. The zero-order chi connectivity index (χ0) is 55.0. The smallest absolute Gasteiger partial charge is 0.306 e. The summed E-state index contributed by atoms with van der Waals surface area (Å²) in [5.41, 5.74) is 0. The Hall–Kier alpha value is -2.03. The lowest BCUT2D eigenvalue weighted by atomic mass is 10.0. The fourth-order valence-electron chi connectivity index (χ4n) is 9.32. The molecule has 0 saturated heterocycles. The molecule has 1 N–H and O–H groups in total. The van der Waals surface area contributed by atoms with Gasteiger partial charge in [-0.05, 0) is 83.1 Å². The second-order valence-electron chi connectivity index (χ2n) is 22.9. The van der Waals surface area contributed by atoms with E-state index in [4.69, 9.17) is 13.8 Å². The number of hydrogen-bond acceptors (Lipinski definition) is 7. The molecular weight excluding hydrogens is 952 g/mol. The molecule has 0 aliphatic rings. The zero-order valence-corrected chi connectivity index (χ0v) is 51.2. The highest BCUT2D eigenvalue weighted by molar-refractivity contribution is 7.45. The number of nitrogens with one attached hydrogen (secondary N) is 1. The molecule has 0 aromatic rings. The van der Waals surface area contributed by atoms with Gasteiger partial charge in [-0.15, -0.1) is 0 Å². The number of phosphoric acid groups is 1. The first-order valence-corrected chi connectivity index (χ1v) is 33.4. The van der Waals surface area contributed by atoms with Crippen molar-refractivity contribution < 1.29 is 37.3 Å². The lowest BCUT2D eigenvalue weighted by Gasteiger charge is -2.30. The van der Waals surface area contributed by atoms with E-state index < -0.39 is 20.0 Å². The van der Waals surface area contributed by atoms with Gasteiger partial charge >= 0.3 is 5.97 Å². The van der Waals surface area contributed by atoms with Crippen molar-refractivity contribution in [2.45, 2.75) is 315 Å². The number of ether oxygens (including phenoxy) is 1. The minimum absolute atomic E-state index is 0.0233. The van der Waals surface area contributed by atoms with Crippen LogP contribution in [0.1, 0.15) is 303 Å². The lowest BCUT2D eigenvalue weighted by molar-refractivity contribution is -0.870. The fourth-order valence-corrected chi connectivity index (χ4v) is 10.0. The maximum atomic E-state index is 13.5. The number of carbonyl (C=O) groups excluding carboxylic acids is 2. The fraction of sp³-hybridized carbons (Fsp3) is 0.846. The summed E-state index contributed by atoms with van der Waals surface area (Å²) in [4.78, 5) is 40.0. The SMILES string of the molecule is CC/C=C/C/C=C/CCCCCCCCCC(=O)NC(COP(=O)([O-])OCC[N+](C)(C)C)C(/C=C\CCCCCCCCCCCC)OC(=O)CCCCCCCCCCCCCCC/C=C/CCCCCCCC. The molecule has 0 aliphatic carbocycles. The summed E-state index contributed by atoms with van der Waals surface area (Å²) in [6.45, 7) is 6.75. The summed E-state index contributed by atoms with van der Waals surface area (Å²) in [6, 6.07) is -0.891. The average molecular weight is 1080 g/mol. The molecule has 3 unspecified atom stereocenters. The number of hydrogen-bond donors (Lipinski definition) is 1. The van der Waals surface area contributed by atoms with Gasteiger partial charge in [0.2, 0.25) is 5.91 Å². The summed E-state index contributed by atoms with van der Waals surface area (Å²) in [6.07, 6.45) is 68.0. The Labute approximate surface area is 465 Å². The third-order valence-electron chi connectivity index (χ3n) is 14.2. The highest BCUT2D eigenvalue weighted by atomic mass is 31.2. The van der Waals surface area contributed by atoms with Crippen LogP contribution in [-0.4, -0.2) is 69.4 Å². The molecule has 440 valence electrons. The molecule has 10 heteroatoms. The normalized spacial score (nSPS) is 14.0. The summed E-state index contributed by atoms with van der Waals surface area (Å²) in [7, 11) is 1.18. The Morgan fingerprint density at radius 3 is 1.28 bits per heavy atom. The molecular formula is C65H123N2O7P. The van der Waals surface area contributed by atoms with Gasteiger partial charge in [-0.2, -0.15) is 0 Å². The van der Waals surface area contributed by atoms with Crippen molar-refractivity contribution >= 4 is 19.7 Å². The molecule has 0 radical (unpaired) electrons. The zero-order valence-electron chi connectivity index (χ0n) is 50.3. The number of rotatable bonds is 58. The summed E-state index contributed by atoms with van der Waals surface area (Å²) in [5.74, 6) is -0.542. The number of phosphoric ester groups is 1. The number of carbonyl (C=O) groups is 2. The van der Waals surface area contributed by atoms with Crippen molar-refractivity contribution in [3.05, 3.63) is 48.6 Å². The van der Waals surface area contributed by atoms with Crippen molar-refractivity contribution in [2.75, 3.05) is 40.9 Å². The highest BCUT2D eigenvalue weighted by Gasteiger charge is 2.27. The van der Waals surface area contributed by atoms with Gasteiger partial charge in [0.15, 0.2) is 0 Å². The van der Waals surface area contributed by atoms with Crippen LogP contribution in [0.2, 0.25) is 0 Å². The molecule has 1 amide bonds. The van der Waals surface area contributed by atoms with Crippen LogP contribution < -0.4 is 10.2 Å². The first-order valence-electron chi connectivity index (χ1n) is 31.9. The molecule has 0 aliphatic heterocycles. The van der Waals surface area contributed by atoms with E-state index in [-0.39, 0.29) is 31.5 Å². The van der Waals surface area contributed by atoms with Crippen molar-refractivity contribution in [1.82, 2.24) is 5.32 Å². The average Bonchev–Trinajstić information content (AvgIpc) is 3.37. The third kappa shape index (κ3) is 56.5. The van der Waals surface area contributed by atoms with Crippen LogP contribution in [0.4, 0.5) is 0 Å². The van der Waals surface area contributed by atoms with Gasteiger partial charge < -0.3 is 28.5 Å². The summed E-state index contributed by atoms with van der Waals surface area (Å²) >= 11 is 0. The van der Waals surface area contributed by atoms with Crippen LogP contribution in [0.25, 0.3) is 0 Å². The molecule has 0 heterocycles. The van der Waals surface area contributed by atoms with Crippen LogP contribution in [0.15, 0.2) is 48.6 Å². The molecule has 0 aromatic carbocycles. The Morgan fingerprint density at radius 2 is 0.853 bits per heavy atom. The maximum absolute atomic E-state index is 13.5. The first-order chi connectivity index (χ1) is 36.4. The van der Waals surface area contributed by atoms with E-state index in [0.29, 0.717) is 17.4 Å². The number of allylic oxidation sites excluding steroid dienone is 7. The van der Waals surface area contributed by atoms with Crippen molar-refractivity contribution in [3.63, 3.8) is 0 Å².